The van der Waals surface area contributed by atoms with Crippen LogP contribution in [0, 0.1) is 11.2 Å². The van der Waals surface area contributed by atoms with Crippen LogP contribution < -0.4 is 0 Å². The quantitative estimate of drug-likeness (QED) is 0.337. The van der Waals surface area contributed by atoms with Crippen LogP contribution in [0.2, 0.25) is 0 Å². The first kappa shape index (κ1) is 14.6. The SMILES string of the molecule is CCN(CC)C(=O)C(=O)OCC#CSI. The summed E-state index contributed by atoms with van der Waals surface area (Å²) in [4.78, 5) is 23.9. The van der Waals surface area contributed by atoms with Crippen LogP contribution in [0.15, 0.2) is 0 Å². The van der Waals surface area contributed by atoms with Crippen LogP contribution >= 0.6 is 30.1 Å². The maximum Gasteiger partial charge on any atom is 0.397 e. The van der Waals surface area contributed by atoms with E-state index in [1.54, 1.807) is 13.8 Å². The summed E-state index contributed by atoms with van der Waals surface area (Å²) >= 11 is 2.01. The molecule has 0 saturated heterocycles. The van der Waals surface area contributed by atoms with Gasteiger partial charge >= 0.3 is 11.9 Å². The summed E-state index contributed by atoms with van der Waals surface area (Å²) in [6.45, 7) is 4.57. The van der Waals surface area contributed by atoms with Crippen molar-refractivity contribution in [3.8, 4) is 11.2 Å². The minimum atomic E-state index is -0.841. The van der Waals surface area contributed by atoms with Crippen molar-refractivity contribution in [1.29, 1.82) is 0 Å². The molecule has 0 atom stereocenters. The number of carbonyl (C=O) groups excluding carboxylic acids is 2. The fourth-order valence-electron chi connectivity index (χ4n) is 0.860. The third kappa shape index (κ3) is 5.89. The Bertz CT molecular complexity index is 281. The molecule has 0 heterocycles. The Kier molecular flexibility index (Phi) is 8.61. The second kappa shape index (κ2) is 8.85. The molecule has 4 nitrogen and oxygen atoms in total. The van der Waals surface area contributed by atoms with Gasteiger partial charge in [0.25, 0.3) is 0 Å². The Hall–Kier alpha value is -0.420. The number of rotatable bonds is 3. The van der Waals surface area contributed by atoms with Crippen molar-refractivity contribution in [3.63, 3.8) is 0 Å². The topological polar surface area (TPSA) is 46.6 Å². The summed E-state index contributed by atoms with van der Waals surface area (Å²) in [5.74, 6) is 1.14. The summed E-state index contributed by atoms with van der Waals surface area (Å²) in [6.07, 6.45) is 0. The van der Waals surface area contributed by atoms with E-state index in [-0.39, 0.29) is 6.61 Å². The van der Waals surface area contributed by atoms with Gasteiger partial charge in [-0.15, -0.1) is 0 Å². The van der Waals surface area contributed by atoms with E-state index >= 15 is 0 Å². The molecule has 15 heavy (non-hydrogen) atoms. The molecule has 0 bridgehead atoms. The summed E-state index contributed by atoms with van der Waals surface area (Å²) in [5, 5.41) is 2.65. The number of hydrogen-bond donors (Lipinski definition) is 0. The molecule has 0 spiro atoms. The van der Waals surface area contributed by atoms with Gasteiger partial charge in [0, 0.05) is 34.3 Å². The predicted molar refractivity (Wildman–Crippen MR) is 68.3 cm³/mol. The number of hydrogen-bond acceptors (Lipinski definition) is 4. The number of carbonyl (C=O) groups is 2. The minimum Gasteiger partial charge on any atom is -0.445 e. The Morgan fingerprint density at radius 2 is 2.00 bits per heavy atom. The van der Waals surface area contributed by atoms with Gasteiger partial charge in [-0.25, -0.2) is 4.79 Å². The molecule has 1 amide bonds. The zero-order valence-corrected chi connectivity index (χ0v) is 11.6. The van der Waals surface area contributed by atoms with Crippen LogP contribution in [0.3, 0.4) is 0 Å². The molecule has 0 aliphatic rings. The van der Waals surface area contributed by atoms with E-state index < -0.39 is 11.9 Å². The van der Waals surface area contributed by atoms with Crippen molar-refractivity contribution in [2.75, 3.05) is 19.7 Å². The lowest BCUT2D eigenvalue weighted by Crippen LogP contribution is -2.37. The highest BCUT2D eigenvalue weighted by molar-refractivity contribution is 14.2. The number of ether oxygens (including phenoxy) is 1. The van der Waals surface area contributed by atoms with Crippen LogP contribution in [-0.4, -0.2) is 36.5 Å². The van der Waals surface area contributed by atoms with E-state index in [0.717, 1.165) is 0 Å². The highest BCUT2D eigenvalue weighted by Crippen LogP contribution is 2.06. The second-order valence-electron chi connectivity index (χ2n) is 2.41. The van der Waals surface area contributed by atoms with Gasteiger partial charge in [-0.05, 0) is 34.0 Å². The van der Waals surface area contributed by atoms with Crippen molar-refractivity contribution in [2.24, 2.45) is 0 Å². The molecule has 0 aromatic rings. The summed E-state index contributed by atoms with van der Waals surface area (Å²) in [5.41, 5.74) is 0. The number of esters is 1. The van der Waals surface area contributed by atoms with Gasteiger partial charge in [-0.1, -0.05) is 0 Å². The van der Waals surface area contributed by atoms with Crippen molar-refractivity contribution >= 4 is 42.0 Å². The van der Waals surface area contributed by atoms with Crippen molar-refractivity contribution in [2.45, 2.75) is 13.8 Å². The van der Waals surface area contributed by atoms with Crippen LogP contribution in [0.25, 0.3) is 0 Å². The first-order valence-corrected chi connectivity index (χ1v) is 7.74. The smallest absolute Gasteiger partial charge is 0.397 e. The van der Waals surface area contributed by atoms with Crippen LogP contribution in [0.4, 0.5) is 0 Å². The average molecular weight is 341 g/mol. The van der Waals surface area contributed by atoms with Crippen LogP contribution in [0.5, 0.6) is 0 Å². The van der Waals surface area contributed by atoms with Gasteiger partial charge in [0.15, 0.2) is 6.61 Å². The standard InChI is InChI=1S/C9H12INO3S/c1-3-11(4-2)8(12)9(13)14-6-5-7-15-10/h3-4,6H2,1-2H3. The number of halogens is 1. The third-order valence-electron chi connectivity index (χ3n) is 1.61. The van der Waals surface area contributed by atoms with Crippen molar-refractivity contribution in [1.82, 2.24) is 4.90 Å². The van der Waals surface area contributed by atoms with Gasteiger partial charge in [-0.3, -0.25) is 4.79 Å². The third-order valence-corrected chi connectivity index (χ3v) is 2.49. The van der Waals surface area contributed by atoms with Gasteiger partial charge in [0.05, 0.1) is 0 Å². The molecule has 0 fully saturated rings. The highest BCUT2D eigenvalue weighted by atomic mass is 127. The van der Waals surface area contributed by atoms with E-state index in [1.165, 1.54) is 13.8 Å². The Balaban J connectivity index is 4.04. The lowest BCUT2D eigenvalue weighted by Gasteiger charge is -2.16. The molecule has 6 heteroatoms. The summed E-state index contributed by atoms with van der Waals surface area (Å²) in [7, 11) is 1.30. The highest BCUT2D eigenvalue weighted by Gasteiger charge is 2.20. The van der Waals surface area contributed by atoms with Gasteiger partial charge in [0.2, 0.25) is 0 Å². The average Bonchev–Trinajstić information content (AvgIpc) is 2.25. The monoisotopic (exact) mass is 341 g/mol. The number of nitrogens with zero attached hydrogens (tertiary/aromatic N) is 1. The molecule has 0 aromatic heterocycles. The maximum absolute atomic E-state index is 11.4. The van der Waals surface area contributed by atoms with E-state index in [9.17, 15) is 9.59 Å². The van der Waals surface area contributed by atoms with E-state index in [1.807, 2.05) is 21.2 Å². The van der Waals surface area contributed by atoms with Crippen molar-refractivity contribution in [3.05, 3.63) is 0 Å². The molecular weight excluding hydrogens is 329 g/mol. The lowest BCUT2D eigenvalue weighted by atomic mass is 10.4. The zero-order chi connectivity index (χ0) is 11.7. The maximum atomic E-state index is 11.4. The van der Waals surface area contributed by atoms with Crippen LogP contribution in [0.1, 0.15) is 13.8 Å². The van der Waals surface area contributed by atoms with Gasteiger partial charge in [-0.2, -0.15) is 0 Å². The zero-order valence-electron chi connectivity index (χ0n) is 8.58. The molecule has 0 aliphatic carbocycles. The molecule has 0 rings (SSSR count). The lowest BCUT2D eigenvalue weighted by molar-refractivity contribution is -0.159. The van der Waals surface area contributed by atoms with Gasteiger partial charge in [0.1, 0.15) is 0 Å². The fraction of sp³-hybridized carbons (Fsp3) is 0.556. The van der Waals surface area contributed by atoms with Crippen LogP contribution in [-0.2, 0) is 14.3 Å². The Morgan fingerprint density at radius 1 is 1.40 bits per heavy atom. The molecule has 0 N–H and O–H groups in total. The molecule has 84 valence electrons. The van der Waals surface area contributed by atoms with Crippen molar-refractivity contribution < 1.29 is 14.3 Å². The first-order valence-electron chi connectivity index (χ1n) is 4.38. The summed E-state index contributed by atoms with van der Waals surface area (Å²) in [6, 6.07) is 0. The molecular formula is C9H12INO3S. The Labute approximate surface area is 106 Å². The predicted octanol–water partition coefficient (Wildman–Crippen LogP) is 1.44. The molecule has 0 aliphatic heterocycles. The molecule has 0 saturated carbocycles. The number of amides is 1. The van der Waals surface area contributed by atoms with E-state index in [4.69, 9.17) is 0 Å². The molecule has 0 unspecified atom stereocenters. The first-order chi connectivity index (χ1) is 7.17. The number of likely N-dealkylation sites (N-methyl/N-ethyl adjacent to an activating group) is 1. The van der Waals surface area contributed by atoms with E-state index in [2.05, 4.69) is 15.9 Å². The van der Waals surface area contributed by atoms with E-state index in [0.29, 0.717) is 13.1 Å². The molecule has 0 radical (unpaired) electrons. The Morgan fingerprint density at radius 3 is 2.47 bits per heavy atom. The minimum absolute atomic E-state index is 0.0398. The molecule has 0 aromatic carbocycles. The fourth-order valence-corrected chi connectivity index (χ4v) is 1.44. The summed E-state index contributed by atoms with van der Waals surface area (Å²) < 4.78 is 4.67. The largest absolute Gasteiger partial charge is 0.445 e. The normalized spacial score (nSPS) is 8.73. The van der Waals surface area contributed by atoms with Gasteiger partial charge < -0.3 is 9.64 Å². The second-order valence-corrected chi connectivity index (χ2v) is 4.09.